The van der Waals surface area contributed by atoms with Gasteiger partial charge in [-0.15, -0.1) is 11.8 Å². The van der Waals surface area contributed by atoms with E-state index in [1.165, 1.54) is 0 Å². The molecule has 0 aliphatic carbocycles. The number of benzene rings is 1. The van der Waals surface area contributed by atoms with Crippen LogP contribution in [0.1, 0.15) is 30.6 Å². The first-order chi connectivity index (χ1) is 12.4. The smallest absolute Gasteiger partial charge is 0.338 e. The normalized spacial score (nSPS) is 22.8. The zero-order valence-electron chi connectivity index (χ0n) is 14.8. The van der Waals surface area contributed by atoms with Gasteiger partial charge in [-0.3, -0.25) is 9.59 Å². The molecule has 0 aromatic heterocycles. The highest BCUT2D eigenvalue weighted by atomic mass is 32.2. The van der Waals surface area contributed by atoms with Gasteiger partial charge in [0.2, 0.25) is 5.91 Å². The Hall–Kier alpha value is -2.06. The summed E-state index contributed by atoms with van der Waals surface area (Å²) in [6.07, 6.45) is 0.359. The van der Waals surface area contributed by atoms with Crippen molar-refractivity contribution in [2.45, 2.75) is 37.4 Å². The third kappa shape index (κ3) is 4.56. The van der Waals surface area contributed by atoms with E-state index in [2.05, 4.69) is 5.32 Å². The van der Waals surface area contributed by atoms with Gasteiger partial charge in [0, 0.05) is 30.2 Å². The zero-order chi connectivity index (χ0) is 18.7. The number of ether oxygens (including phenoxy) is 2. The lowest BCUT2D eigenvalue weighted by Crippen LogP contribution is -2.49. The summed E-state index contributed by atoms with van der Waals surface area (Å²) < 4.78 is 10.8. The monoisotopic (exact) mass is 378 g/mol. The first-order valence-corrected chi connectivity index (χ1v) is 9.58. The summed E-state index contributed by atoms with van der Waals surface area (Å²) in [7, 11) is 0. The first kappa shape index (κ1) is 18.7. The summed E-state index contributed by atoms with van der Waals surface area (Å²) in [4.78, 5) is 38.8. The minimum atomic E-state index is -0.584. The second-order valence-electron chi connectivity index (χ2n) is 6.49. The molecule has 8 heteroatoms. The minimum Gasteiger partial charge on any atom is -0.452 e. The Labute approximate surface area is 156 Å². The van der Waals surface area contributed by atoms with E-state index >= 15 is 0 Å². The second-order valence-corrected chi connectivity index (χ2v) is 7.63. The van der Waals surface area contributed by atoms with Gasteiger partial charge >= 0.3 is 5.97 Å². The molecule has 2 heterocycles. The van der Waals surface area contributed by atoms with Gasteiger partial charge in [0.15, 0.2) is 6.61 Å². The van der Waals surface area contributed by atoms with E-state index in [-0.39, 0.29) is 30.6 Å². The van der Waals surface area contributed by atoms with Crippen molar-refractivity contribution in [3.05, 3.63) is 23.8 Å². The predicted molar refractivity (Wildman–Crippen MR) is 97.3 cm³/mol. The molecule has 2 aliphatic heterocycles. The van der Waals surface area contributed by atoms with Gasteiger partial charge in [-0.1, -0.05) is 0 Å². The van der Waals surface area contributed by atoms with Gasteiger partial charge in [-0.2, -0.15) is 0 Å². The summed E-state index contributed by atoms with van der Waals surface area (Å²) in [5.74, 6) is -0.196. The summed E-state index contributed by atoms with van der Waals surface area (Å²) in [5.41, 5.74) is 0.914. The molecule has 0 spiro atoms. The number of morpholine rings is 1. The summed E-state index contributed by atoms with van der Waals surface area (Å²) in [5, 5.41) is 2.79. The quantitative estimate of drug-likeness (QED) is 0.809. The maximum Gasteiger partial charge on any atom is 0.338 e. The fourth-order valence-corrected chi connectivity index (χ4v) is 3.97. The number of anilines is 1. The number of nitrogens with one attached hydrogen (secondary N) is 1. The molecule has 140 valence electrons. The van der Waals surface area contributed by atoms with Gasteiger partial charge in [0.05, 0.1) is 23.5 Å². The average Bonchev–Trinajstić information content (AvgIpc) is 2.78. The number of carbonyl (C=O) groups is 3. The molecule has 26 heavy (non-hydrogen) atoms. The standard InChI is InChI=1S/C18H22N2O5S/c1-11-8-20(9-12(2)25-11)17(22)10-24-18(23)13-3-4-15-14(7-13)19-16(21)5-6-26-15/h3-4,7,11-12H,5-6,8-10H2,1-2H3,(H,19,21)/t11-,12-/m0/s1. The van der Waals surface area contributed by atoms with Crippen LogP contribution in [0.4, 0.5) is 5.69 Å². The highest BCUT2D eigenvalue weighted by Crippen LogP contribution is 2.31. The van der Waals surface area contributed by atoms with Crippen LogP contribution in [0, 0.1) is 0 Å². The molecule has 0 saturated carbocycles. The van der Waals surface area contributed by atoms with Crippen molar-refractivity contribution in [3.63, 3.8) is 0 Å². The van der Waals surface area contributed by atoms with Crippen molar-refractivity contribution in [2.75, 3.05) is 30.8 Å². The summed E-state index contributed by atoms with van der Waals surface area (Å²) in [6.45, 7) is 4.48. The molecule has 0 bridgehead atoms. The molecule has 7 nitrogen and oxygen atoms in total. The van der Waals surface area contributed by atoms with E-state index in [4.69, 9.17) is 9.47 Å². The molecule has 1 aromatic carbocycles. The van der Waals surface area contributed by atoms with E-state index in [1.54, 1.807) is 34.9 Å². The molecule has 1 saturated heterocycles. The van der Waals surface area contributed by atoms with Crippen LogP contribution in [0.15, 0.2) is 23.1 Å². The van der Waals surface area contributed by atoms with Crippen LogP contribution in [-0.4, -0.2) is 60.3 Å². The van der Waals surface area contributed by atoms with Crippen LogP contribution in [0.3, 0.4) is 0 Å². The predicted octanol–water partition coefficient (Wildman–Crippen LogP) is 1.91. The van der Waals surface area contributed by atoms with Crippen molar-refractivity contribution in [3.8, 4) is 0 Å². The lowest BCUT2D eigenvalue weighted by molar-refractivity contribution is -0.146. The number of carbonyl (C=O) groups excluding carboxylic acids is 3. The van der Waals surface area contributed by atoms with Crippen LogP contribution in [0.5, 0.6) is 0 Å². The number of amides is 2. The van der Waals surface area contributed by atoms with Gasteiger partial charge in [0.25, 0.3) is 5.91 Å². The highest BCUT2D eigenvalue weighted by molar-refractivity contribution is 7.99. The molecular formula is C18H22N2O5S. The van der Waals surface area contributed by atoms with Crippen LogP contribution in [0.2, 0.25) is 0 Å². The van der Waals surface area contributed by atoms with Crippen LogP contribution in [0.25, 0.3) is 0 Å². The molecule has 3 rings (SSSR count). The minimum absolute atomic E-state index is 0.0379. The molecule has 2 atom stereocenters. The Morgan fingerprint density at radius 2 is 2.04 bits per heavy atom. The first-order valence-electron chi connectivity index (χ1n) is 8.59. The molecule has 1 N–H and O–H groups in total. The Morgan fingerprint density at radius 3 is 2.77 bits per heavy atom. The van der Waals surface area contributed by atoms with Gasteiger partial charge in [0.1, 0.15) is 0 Å². The fourth-order valence-electron chi connectivity index (χ4n) is 3.03. The lowest BCUT2D eigenvalue weighted by atomic mass is 10.2. The molecule has 1 aromatic rings. The summed E-state index contributed by atoms with van der Waals surface area (Å²) in [6, 6.07) is 5.03. The van der Waals surface area contributed by atoms with E-state index in [0.29, 0.717) is 36.5 Å². The third-order valence-electron chi connectivity index (χ3n) is 4.18. The largest absolute Gasteiger partial charge is 0.452 e. The number of rotatable bonds is 3. The van der Waals surface area contributed by atoms with Crippen molar-refractivity contribution in [1.29, 1.82) is 0 Å². The van der Waals surface area contributed by atoms with E-state index < -0.39 is 5.97 Å². The van der Waals surface area contributed by atoms with Crippen LogP contribution < -0.4 is 5.32 Å². The number of hydrogen-bond acceptors (Lipinski definition) is 6. The SMILES string of the molecule is C[C@H]1CN(C(=O)COC(=O)c2ccc3c(c2)NC(=O)CCS3)C[C@H](C)O1. The highest BCUT2D eigenvalue weighted by Gasteiger charge is 2.26. The van der Waals surface area contributed by atoms with Crippen molar-refractivity contribution in [2.24, 2.45) is 0 Å². The topological polar surface area (TPSA) is 84.9 Å². The van der Waals surface area contributed by atoms with Crippen LogP contribution in [-0.2, 0) is 19.1 Å². The van der Waals surface area contributed by atoms with Crippen molar-refractivity contribution in [1.82, 2.24) is 4.90 Å². The van der Waals surface area contributed by atoms with Crippen molar-refractivity contribution >= 4 is 35.2 Å². The molecule has 0 unspecified atom stereocenters. The molecule has 2 amide bonds. The number of hydrogen-bond donors (Lipinski definition) is 1. The molecule has 1 fully saturated rings. The lowest BCUT2D eigenvalue weighted by Gasteiger charge is -2.35. The summed E-state index contributed by atoms with van der Waals surface area (Å²) >= 11 is 1.56. The van der Waals surface area contributed by atoms with Crippen LogP contribution >= 0.6 is 11.8 Å². The Bertz CT molecular complexity index is 714. The maximum absolute atomic E-state index is 12.3. The number of thioether (sulfide) groups is 1. The Balaban J connectivity index is 1.60. The van der Waals surface area contributed by atoms with E-state index in [9.17, 15) is 14.4 Å². The average molecular weight is 378 g/mol. The molecular weight excluding hydrogens is 356 g/mol. The Morgan fingerprint density at radius 1 is 1.31 bits per heavy atom. The Kier molecular flexibility index (Phi) is 5.83. The second kappa shape index (κ2) is 8.09. The molecule has 2 aliphatic rings. The number of fused-ring (bicyclic) bond motifs is 1. The third-order valence-corrected chi connectivity index (χ3v) is 5.25. The van der Waals surface area contributed by atoms with Gasteiger partial charge in [-0.25, -0.2) is 4.79 Å². The zero-order valence-corrected chi connectivity index (χ0v) is 15.6. The number of nitrogens with zero attached hydrogens (tertiary/aromatic N) is 1. The van der Waals surface area contributed by atoms with E-state index in [0.717, 1.165) is 4.90 Å². The maximum atomic E-state index is 12.3. The van der Waals surface area contributed by atoms with Crippen molar-refractivity contribution < 1.29 is 23.9 Å². The van der Waals surface area contributed by atoms with Gasteiger partial charge in [-0.05, 0) is 32.0 Å². The van der Waals surface area contributed by atoms with Gasteiger partial charge < -0.3 is 19.7 Å². The molecule has 0 radical (unpaired) electrons. The fraction of sp³-hybridized carbons (Fsp3) is 0.500. The number of esters is 1. The van der Waals surface area contributed by atoms with E-state index in [1.807, 2.05) is 13.8 Å².